The van der Waals surface area contributed by atoms with Gasteiger partial charge in [-0.15, -0.1) is 0 Å². The van der Waals surface area contributed by atoms with Crippen molar-refractivity contribution in [3.05, 3.63) is 33.8 Å². The molecule has 0 heterocycles. The van der Waals surface area contributed by atoms with Crippen LogP contribution in [0.2, 0.25) is 10.0 Å². The van der Waals surface area contributed by atoms with E-state index in [9.17, 15) is 0 Å². The van der Waals surface area contributed by atoms with Crippen molar-refractivity contribution < 1.29 is 0 Å². The first-order valence-electron chi connectivity index (χ1n) is 5.82. The van der Waals surface area contributed by atoms with Gasteiger partial charge < -0.3 is 5.32 Å². The lowest BCUT2D eigenvalue weighted by Gasteiger charge is -2.03. The summed E-state index contributed by atoms with van der Waals surface area (Å²) in [5.41, 5.74) is 1.13. The fourth-order valence-corrected chi connectivity index (χ4v) is 1.49. The lowest BCUT2D eigenvalue weighted by atomic mass is 10.1. The summed E-state index contributed by atoms with van der Waals surface area (Å²) in [5.74, 6) is 0. The molecule has 1 aromatic carbocycles. The van der Waals surface area contributed by atoms with Crippen LogP contribution in [0.25, 0.3) is 0 Å². The monoisotopic (exact) mass is 263 g/mol. The van der Waals surface area contributed by atoms with Crippen molar-refractivity contribution >= 4 is 23.2 Å². The summed E-state index contributed by atoms with van der Waals surface area (Å²) >= 11 is 11.7. The minimum absolute atomic E-state index is 0.688. The molecule has 0 aromatic heterocycles. The number of halogens is 2. The molecule has 16 heavy (non-hydrogen) atoms. The molecule has 0 amide bonds. The quantitative estimate of drug-likeness (QED) is 0.826. The van der Waals surface area contributed by atoms with Crippen LogP contribution in [0.5, 0.6) is 0 Å². The lowest BCUT2D eigenvalue weighted by Crippen LogP contribution is -2.10. The third-order valence-electron chi connectivity index (χ3n) is 1.66. The Morgan fingerprint density at radius 2 is 1.62 bits per heavy atom. The highest BCUT2D eigenvalue weighted by molar-refractivity contribution is 6.35. The molecule has 1 nitrogen and oxygen atoms in total. The predicted octanol–water partition coefficient (Wildman–Crippen LogP) is 4.81. The molecule has 0 spiro atoms. The summed E-state index contributed by atoms with van der Waals surface area (Å²) in [4.78, 5) is 0. The van der Waals surface area contributed by atoms with Gasteiger partial charge in [0.2, 0.25) is 0 Å². The Labute approximate surface area is 110 Å². The molecule has 0 fully saturated rings. The van der Waals surface area contributed by atoms with E-state index in [0.29, 0.717) is 5.02 Å². The lowest BCUT2D eigenvalue weighted by molar-refractivity contribution is 0.792. The molecular formula is C13H23Cl2N. The van der Waals surface area contributed by atoms with Gasteiger partial charge in [-0.25, -0.2) is 0 Å². The molecule has 0 aliphatic rings. The summed E-state index contributed by atoms with van der Waals surface area (Å²) < 4.78 is 0. The molecule has 94 valence electrons. The highest BCUT2D eigenvalue weighted by Crippen LogP contribution is 2.20. The molecule has 0 aliphatic heterocycles. The minimum Gasteiger partial charge on any atom is -0.319 e. The Morgan fingerprint density at radius 1 is 1.06 bits per heavy atom. The van der Waals surface area contributed by atoms with Crippen LogP contribution in [0.4, 0.5) is 0 Å². The third-order valence-corrected chi connectivity index (χ3v) is 2.25. The number of likely N-dealkylation sites (N-methyl/N-ethyl adjacent to an activating group) is 1. The fraction of sp³-hybridized carbons (Fsp3) is 0.538. The van der Waals surface area contributed by atoms with E-state index in [1.54, 1.807) is 6.07 Å². The maximum absolute atomic E-state index is 5.95. The average Bonchev–Trinajstić information content (AvgIpc) is 2.33. The summed E-state index contributed by atoms with van der Waals surface area (Å²) in [7, 11) is 1.92. The van der Waals surface area contributed by atoms with Gasteiger partial charge in [-0.3, -0.25) is 0 Å². The Hall–Kier alpha value is -0.240. The SMILES string of the molecule is CC.CC.CNCCc1ccc(Cl)cc1Cl. The van der Waals surface area contributed by atoms with E-state index in [2.05, 4.69) is 5.32 Å². The second kappa shape index (κ2) is 12.8. The molecule has 1 N–H and O–H groups in total. The number of benzene rings is 1. The van der Waals surface area contributed by atoms with E-state index in [4.69, 9.17) is 23.2 Å². The molecule has 0 unspecified atom stereocenters. The maximum atomic E-state index is 5.95. The molecule has 0 atom stereocenters. The van der Waals surface area contributed by atoms with Crippen LogP contribution in [0.15, 0.2) is 18.2 Å². The molecule has 1 rings (SSSR count). The van der Waals surface area contributed by atoms with Gasteiger partial charge in [-0.2, -0.15) is 0 Å². The van der Waals surface area contributed by atoms with Crippen molar-refractivity contribution in [2.45, 2.75) is 34.1 Å². The van der Waals surface area contributed by atoms with E-state index < -0.39 is 0 Å². The molecule has 1 aromatic rings. The van der Waals surface area contributed by atoms with Crippen LogP contribution in [-0.2, 0) is 6.42 Å². The van der Waals surface area contributed by atoms with Crippen LogP contribution in [0, 0.1) is 0 Å². The van der Waals surface area contributed by atoms with Crippen molar-refractivity contribution in [2.24, 2.45) is 0 Å². The zero-order valence-electron chi connectivity index (χ0n) is 10.9. The average molecular weight is 264 g/mol. The second-order valence-electron chi connectivity index (χ2n) is 2.59. The zero-order valence-corrected chi connectivity index (χ0v) is 12.4. The van der Waals surface area contributed by atoms with Gasteiger partial charge in [0.25, 0.3) is 0 Å². The number of nitrogens with one attached hydrogen (secondary N) is 1. The van der Waals surface area contributed by atoms with Crippen molar-refractivity contribution in [3.63, 3.8) is 0 Å². The molecule has 3 heteroatoms. The van der Waals surface area contributed by atoms with E-state index in [-0.39, 0.29) is 0 Å². The normalized spacial score (nSPS) is 8.44. The van der Waals surface area contributed by atoms with Gasteiger partial charge in [-0.1, -0.05) is 57.0 Å². The van der Waals surface area contributed by atoms with Crippen LogP contribution in [0.3, 0.4) is 0 Å². The van der Waals surface area contributed by atoms with Gasteiger partial charge >= 0.3 is 0 Å². The molecule has 0 saturated heterocycles. The minimum atomic E-state index is 0.688. The molecular weight excluding hydrogens is 241 g/mol. The number of hydrogen-bond acceptors (Lipinski definition) is 1. The second-order valence-corrected chi connectivity index (χ2v) is 3.43. The van der Waals surface area contributed by atoms with E-state index in [0.717, 1.165) is 23.6 Å². The Morgan fingerprint density at radius 3 is 2.06 bits per heavy atom. The smallest absolute Gasteiger partial charge is 0.0453 e. The topological polar surface area (TPSA) is 12.0 Å². The zero-order chi connectivity index (χ0) is 13.0. The Bertz CT molecular complexity index is 262. The van der Waals surface area contributed by atoms with Crippen molar-refractivity contribution in [3.8, 4) is 0 Å². The fourth-order valence-electron chi connectivity index (χ4n) is 0.984. The van der Waals surface area contributed by atoms with Crippen molar-refractivity contribution in [2.75, 3.05) is 13.6 Å². The molecule has 0 saturated carbocycles. The molecule has 0 bridgehead atoms. The van der Waals surface area contributed by atoms with E-state index in [1.165, 1.54) is 0 Å². The molecule has 0 radical (unpaired) electrons. The predicted molar refractivity (Wildman–Crippen MR) is 76.8 cm³/mol. The van der Waals surface area contributed by atoms with Gasteiger partial charge in [0.05, 0.1) is 0 Å². The van der Waals surface area contributed by atoms with E-state index >= 15 is 0 Å². The number of rotatable bonds is 3. The first-order valence-corrected chi connectivity index (χ1v) is 6.58. The van der Waals surface area contributed by atoms with Gasteiger partial charge in [0.15, 0.2) is 0 Å². The number of hydrogen-bond donors (Lipinski definition) is 1. The largest absolute Gasteiger partial charge is 0.319 e. The standard InChI is InChI=1S/C9H11Cl2N.2C2H6/c1-12-5-4-7-2-3-8(10)6-9(7)11;2*1-2/h2-3,6,12H,4-5H2,1H3;2*1-2H3. The Balaban J connectivity index is 0. The van der Waals surface area contributed by atoms with Crippen molar-refractivity contribution in [1.82, 2.24) is 5.32 Å². The first-order chi connectivity index (χ1) is 7.74. The first kappa shape index (κ1) is 18.1. The Kier molecular flexibility index (Phi) is 14.5. The van der Waals surface area contributed by atoms with Crippen LogP contribution >= 0.6 is 23.2 Å². The highest BCUT2D eigenvalue weighted by Gasteiger charge is 1.99. The van der Waals surface area contributed by atoms with Gasteiger partial charge in [0.1, 0.15) is 0 Å². The summed E-state index contributed by atoms with van der Waals surface area (Å²) in [5, 5.41) is 4.50. The van der Waals surface area contributed by atoms with Gasteiger partial charge in [-0.05, 0) is 37.7 Å². The van der Waals surface area contributed by atoms with Crippen LogP contribution in [-0.4, -0.2) is 13.6 Å². The van der Waals surface area contributed by atoms with Crippen LogP contribution in [0.1, 0.15) is 33.3 Å². The third kappa shape index (κ3) is 7.98. The summed E-state index contributed by atoms with van der Waals surface area (Å²) in [6, 6.07) is 5.59. The van der Waals surface area contributed by atoms with Crippen LogP contribution < -0.4 is 5.32 Å². The maximum Gasteiger partial charge on any atom is 0.0453 e. The van der Waals surface area contributed by atoms with Gasteiger partial charge in [0, 0.05) is 10.0 Å². The molecule has 0 aliphatic carbocycles. The van der Waals surface area contributed by atoms with Crippen molar-refractivity contribution in [1.29, 1.82) is 0 Å². The van der Waals surface area contributed by atoms with E-state index in [1.807, 2.05) is 46.9 Å². The summed E-state index contributed by atoms with van der Waals surface area (Å²) in [6.07, 6.45) is 0.937. The highest BCUT2D eigenvalue weighted by atomic mass is 35.5. The summed E-state index contributed by atoms with van der Waals surface area (Å²) in [6.45, 7) is 8.93.